The minimum atomic E-state index is -0.262. The zero-order valence-corrected chi connectivity index (χ0v) is 16.1. The first-order valence-corrected chi connectivity index (χ1v) is 8.35. The van der Waals surface area contributed by atoms with Gasteiger partial charge in [0.2, 0.25) is 5.95 Å². The van der Waals surface area contributed by atoms with Crippen LogP contribution in [0.1, 0.15) is 42.5 Å². The molecule has 0 fully saturated rings. The monoisotopic (exact) mass is 358 g/mol. The van der Waals surface area contributed by atoms with Gasteiger partial charge in [0, 0.05) is 17.8 Å². The highest BCUT2D eigenvalue weighted by Crippen LogP contribution is 2.27. The lowest BCUT2D eigenvalue weighted by molar-refractivity contribution is 0.0945. The van der Waals surface area contributed by atoms with Gasteiger partial charge in [-0.2, -0.15) is 0 Å². The second-order valence-electron chi connectivity index (χ2n) is 6.97. The molecule has 0 atom stereocenters. The molecule has 0 aliphatic heterocycles. The Morgan fingerprint density at radius 3 is 2.38 bits per heavy atom. The Labute approximate surface area is 154 Å². The molecular weight excluding hydrogens is 332 g/mol. The van der Waals surface area contributed by atoms with Crippen LogP contribution in [0.4, 0.5) is 5.95 Å². The number of benzene rings is 1. The maximum absolute atomic E-state index is 12.5. The lowest BCUT2D eigenvalue weighted by Gasteiger charge is -2.20. The second kappa shape index (κ2) is 8.03. The number of aryl methyl sites for hydroxylation is 1. The number of nitrogens with zero attached hydrogens (tertiary/aromatic N) is 2. The van der Waals surface area contributed by atoms with Crippen molar-refractivity contribution in [2.75, 3.05) is 19.5 Å². The van der Waals surface area contributed by atoms with Crippen LogP contribution < -0.4 is 20.1 Å². The number of rotatable bonds is 6. The lowest BCUT2D eigenvalue weighted by atomic mass is 10.1. The van der Waals surface area contributed by atoms with Gasteiger partial charge in [-0.1, -0.05) is 6.07 Å². The van der Waals surface area contributed by atoms with Crippen molar-refractivity contribution < 1.29 is 14.3 Å². The molecule has 0 saturated heterocycles. The van der Waals surface area contributed by atoms with Gasteiger partial charge < -0.3 is 20.1 Å². The van der Waals surface area contributed by atoms with Gasteiger partial charge in [-0.05, 0) is 51.5 Å². The van der Waals surface area contributed by atoms with E-state index in [9.17, 15) is 4.79 Å². The number of ether oxygens (including phenoxy) is 2. The predicted octanol–water partition coefficient (Wildman–Crippen LogP) is 2.94. The number of carbonyl (C=O) groups excluding carboxylic acids is 1. The van der Waals surface area contributed by atoms with E-state index in [2.05, 4.69) is 20.6 Å². The largest absolute Gasteiger partial charge is 0.493 e. The van der Waals surface area contributed by atoms with Crippen molar-refractivity contribution in [1.82, 2.24) is 15.3 Å². The van der Waals surface area contributed by atoms with Crippen LogP contribution in [0.3, 0.4) is 0 Å². The normalized spacial score (nSPS) is 11.0. The summed E-state index contributed by atoms with van der Waals surface area (Å²) in [6, 6.07) is 7.18. The van der Waals surface area contributed by atoms with Crippen LogP contribution >= 0.6 is 0 Å². The zero-order valence-electron chi connectivity index (χ0n) is 16.1. The highest BCUT2D eigenvalue weighted by Gasteiger charge is 2.15. The van der Waals surface area contributed by atoms with Crippen LogP contribution in [0.15, 0.2) is 24.3 Å². The van der Waals surface area contributed by atoms with Crippen molar-refractivity contribution in [1.29, 1.82) is 0 Å². The summed E-state index contributed by atoms with van der Waals surface area (Å²) in [5.74, 6) is 1.44. The summed E-state index contributed by atoms with van der Waals surface area (Å²) in [5, 5.41) is 6.05. The molecule has 0 aliphatic carbocycles. The molecule has 7 heteroatoms. The van der Waals surface area contributed by atoms with E-state index in [1.165, 1.54) is 0 Å². The van der Waals surface area contributed by atoms with Gasteiger partial charge in [-0.15, -0.1) is 0 Å². The Morgan fingerprint density at radius 1 is 1.08 bits per heavy atom. The van der Waals surface area contributed by atoms with E-state index in [0.29, 0.717) is 29.7 Å². The number of amides is 1. The molecule has 1 amide bonds. The molecule has 2 aromatic rings. The van der Waals surface area contributed by atoms with Gasteiger partial charge in [0.25, 0.3) is 5.91 Å². The van der Waals surface area contributed by atoms with Crippen molar-refractivity contribution >= 4 is 11.9 Å². The smallest absolute Gasteiger partial charge is 0.270 e. The van der Waals surface area contributed by atoms with Crippen molar-refractivity contribution in [3.63, 3.8) is 0 Å². The number of aromatic nitrogens is 2. The first kappa shape index (κ1) is 19.5. The molecule has 1 aromatic heterocycles. The number of hydrogen-bond donors (Lipinski definition) is 2. The number of carbonyl (C=O) groups is 1. The van der Waals surface area contributed by atoms with Crippen molar-refractivity contribution in [2.24, 2.45) is 0 Å². The number of anilines is 1. The minimum Gasteiger partial charge on any atom is -0.493 e. The maximum Gasteiger partial charge on any atom is 0.270 e. The van der Waals surface area contributed by atoms with Crippen molar-refractivity contribution in [3.05, 3.63) is 41.2 Å². The molecule has 2 N–H and O–H groups in total. The van der Waals surface area contributed by atoms with E-state index in [1.807, 2.05) is 39.8 Å². The molecule has 26 heavy (non-hydrogen) atoms. The van der Waals surface area contributed by atoms with Crippen molar-refractivity contribution in [3.8, 4) is 11.5 Å². The van der Waals surface area contributed by atoms with Gasteiger partial charge in [0.1, 0.15) is 5.69 Å². The van der Waals surface area contributed by atoms with Gasteiger partial charge in [-0.3, -0.25) is 4.79 Å². The quantitative estimate of drug-likeness (QED) is 0.826. The molecule has 0 bridgehead atoms. The van der Waals surface area contributed by atoms with Crippen LogP contribution in [0.5, 0.6) is 11.5 Å². The molecule has 0 radical (unpaired) electrons. The number of hydrogen-bond acceptors (Lipinski definition) is 6. The molecule has 0 saturated carbocycles. The van der Waals surface area contributed by atoms with Gasteiger partial charge >= 0.3 is 0 Å². The summed E-state index contributed by atoms with van der Waals surface area (Å²) in [7, 11) is 3.16. The first-order valence-electron chi connectivity index (χ1n) is 8.35. The van der Waals surface area contributed by atoms with Gasteiger partial charge in [0.05, 0.1) is 14.2 Å². The molecule has 0 spiro atoms. The molecule has 0 unspecified atom stereocenters. The molecule has 2 rings (SSSR count). The summed E-state index contributed by atoms with van der Waals surface area (Å²) in [6.45, 7) is 8.21. The first-order chi connectivity index (χ1) is 12.2. The van der Waals surface area contributed by atoms with E-state index < -0.39 is 0 Å². The fraction of sp³-hybridized carbons (Fsp3) is 0.421. The van der Waals surface area contributed by atoms with Gasteiger partial charge in [0.15, 0.2) is 11.5 Å². The second-order valence-corrected chi connectivity index (χ2v) is 6.97. The fourth-order valence-corrected chi connectivity index (χ4v) is 2.34. The summed E-state index contributed by atoms with van der Waals surface area (Å²) in [4.78, 5) is 21.1. The minimum absolute atomic E-state index is 0.193. The Hall–Kier alpha value is -2.83. The highest BCUT2D eigenvalue weighted by molar-refractivity contribution is 5.92. The standard InChI is InChI=1S/C19H26N4O3/c1-12-9-14(22-18(21-12)23-19(2,3)4)17(24)20-11-13-7-8-15(25-5)16(10-13)26-6/h7-10H,11H2,1-6H3,(H,20,24)(H,21,22,23). The van der Waals surface area contributed by atoms with E-state index in [1.54, 1.807) is 26.4 Å². The average molecular weight is 358 g/mol. The van der Waals surface area contributed by atoms with E-state index >= 15 is 0 Å². The zero-order chi connectivity index (χ0) is 19.3. The Morgan fingerprint density at radius 2 is 1.77 bits per heavy atom. The molecule has 140 valence electrons. The highest BCUT2D eigenvalue weighted by atomic mass is 16.5. The fourth-order valence-electron chi connectivity index (χ4n) is 2.34. The van der Waals surface area contributed by atoms with Crippen LogP contribution in [-0.4, -0.2) is 35.6 Å². The number of nitrogens with one attached hydrogen (secondary N) is 2. The SMILES string of the molecule is COc1ccc(CNC(=O)c2cc(C)nc(NC(C)(C)C)n2)cc1OC. The summed E-state index contributed by atoms with van der Waals surface area (Å²) in [6.07, 6.45) is 0. The average Bonchev–Trinajstić information content (AvgIpc) is 2.57. The van der Waals surface area contributed by atoms with Crippen LogP contribution in [0.2, 0.25) is 0 Å². The molecule has 7 nitrogen and oxygen atoms in total. The van der Waals surface area contributed by atoms with Crippen LogP contribution in [-0.2, 0) is 6.54 Å². The topological polar surface area (TPSA) is 85.4 Å². The number of methoxy groups -OCH3 is 2. The van der Waals surface area contributed by atoms with Crippen molar-refractivity contribution in [2.45, 2.75) is 39.8 Å². The Balaban J connectivity index is 2.10. The molecule has 1 aromatic carbocycles. The summed E-state index contributed by atoms with van der Waals surface area (Å²) < 4.78 is 10.5. The maximum atomic E-state index is 12.5. The predicted molar refractivity (Wildman–Crippen MR) is 101 cm³/mol. The Bertz CT molecular complexity index is 785. The third-order valence-corrected chi connectivity index (χ3v) is 3.47. The van der Waals surface area contributed by atoms with E-state index in [-0.39, 0.29) is 11.4 Å². The third kappa shape index (κ3) is 5.34. The van der Waals surface area contributed by atoms with Crippen LogP contribution in [0.25, 0.3) is 0 Å². The van der Waals surface area contributed by atoms with Gasteiger partial charge in [-0.25, -0.2) is 9.97 Å². The van der Waals surface area contributed by atoms with E-state index in [4.69, 9.17) is 9.47 Å². The third-order valence-electron chi connectivity index (χ3n) is 3.47. The Kier molecular flexibility index (Phi) is 6.02. The summed E-state index contributed by atoms with van der Waals surface area (Å²) in [5.41, 5.74) is 1.75. The van der Waals surface area contributed by atoms with E-state index in [0.717, 1.165) is 11.3 Å². The molecule has 0 aliphatic rings. The molecule has 1 heterocycles. The summed E-state index contributed by atoms with van der Waals surface area (Å²) >= 11 is 0. The van der Waals surface area contributed by atoms with Crippen LogP contribution in [0, 0.1) is 6.92 Å². The molecular formula is C19H26N4O3. The lowest BCUT2D eigenvalue weighted by Crippen LogP contribution is -2.29.